The zero-order chi connectivity index (χ0) is 29.9. The minimum Gasteiger partial charge on any atom is -0.369 e. The summed E-state index contributed by atoms with van der Waals surface area (Å²) in [5.41, 5.74) is 14.6. The van der Waals surface area contributed by atoms with Crippen molar-refractivity contribution in [3.8, 4) is 17.3 Å². The minimum absolute atomic E-state index is 0.107. The maximum atomic E-state index is 13.7. The van der Waals surface area contributed by atoms with Crippen LogP contribution >= 0.6 is 0 Å². The molecule has 2 amide bonds. The standard InChI is InChI=1S/C32H38FN7O2/c33-24-9-5-7-22(19-24)15-17-37-30-27(13-14-29(39-30)26-11-2-1-8-23(26)20-35)31(41)38-21-25-10-3-4-18-40(25)32(42)28(36)12-6-16-34/h1-2,5,7-9,11,13-14,19,25,28H,3-4,6,10,12,15-18,21,34,36H2,(H,37,39)(H,38,41)/t25-,28-/m1/s1. The second kappa shape index (κ2) is 15.1. The monoisotopic (exact) mass is 571 g/mol. The van der Waals surface area contributed by atoms with Crippen molar-refractivity contribution in [1.29, 1.82) is 5.26 Å². The summed E-state index contributed by atoms with van der Waals surface area (Å²) in [5, 5.41) is 15.8. The molecule has 2 aromatic carbocycles. The molecule has 6 N–H and O–H groups in total. The van der Waals surface area contributed by atoms with Gasteiger partial charge in [-0.2, -0.15) is 5.26 Å². The first kappa shape index (κ1) is 30.6. The number of nitrogens with two attached hydrogens (primary N) is 2. The van der Waals surface area contributed by atoms with Crippen LogP contribution < -0.4 is 22.1 Å². The third kappa shape index (κ3) is 7.90. The van der Waals surface area contributed by atoms with E-state index in [1.54, 1.807) is 35.2 Å². The predicted molar refractivity (Wildman–Crippen MR) is 161 cm³/mol. The Bertz CT molecular complexity index is 1420. The van der Waals surface area contributed by atoms with Crippen LogP contribution in [0.25, 0.3) is 11.3 Å². The Kier molecular flexibility index (Phi) is 11.0. The number of anilines is 1. The number of hydrogen-bond donors (Lipinski definition) is 4. The number of nitrogens with one attached hydrogen (secondary N) is 2. The lowest BCUT2D eigenvalue weighted by Gasteiger charge is -2.37. The predicted octanol–water partition coefficient (Wildman–Crippen LogP) is 3.59. The molecule has 1 fully saturated rings. The van der Waals surface area contributed by atoms with Crippen LogP contribution in [0.3, 0.4) is 0 Å². The van der Waals surface area contributed by atoms with Crippen molar-refractivity contribution in [2.45, 2.75) is 50.6 Å². The van der Waals surface area contributed by atoms with E-state index in [9.17, 15) is 19.2 Å². The minimum atomic E-state index is -0.605. The normalized spacial score (nSPS) is 15.5. The van der Waals surface area contributed by atoms with Gasteiger partial charge in [0, 0.05) is 31.2 Å². The lowest BCUT2D eigenvalue weighted by atomic mass is 9.99. The van der Waals surface area contributed by atoms with E-state index < -0.39 is 6.04 Å². The van der Waals surface area contributed by atoms with Gasteiger partial charge in [-0.15, -0.1) is 0 Å². The first-order valence-electron chi connectivity index (χ1n) is 14.4. The van der Waals surface area contributed by atoms with Crippen molar-refractivity contribution in [2.24, 2.45) is 11.5 Å². The summed E-state index contributed by atoms with van der Waals surface area (Å²) in [7, 11) is 0. The smallest absolute Gasteiger partial charge is 0.255 e. The molecule has 1 aromatic heterocycles. The van der Waals surface area contributed by atoms with E-state index in [0.29, 0.717) is 67.1 Å². The molecule has 3 aromatic rings. The van der Waals surface area contributed by atoms with Crippen molar-refractivity contribution in [3.63, 3.8) is 0 Å². The SMILES string of the molecule is N#Cc1ccccc1-c1ccc(C(=O)NC[C@H]2CCCCN2C(=O)[C@H](N)CCCN)c(NCCc2cccc(F)c2)n1. The number of piperidine rings is 1. The quantitative estimate of drug-likeness (QED) is 0.259. The Morgan fingerprint density at radius 3 is 2.76 bits per heavy atom. The summed E-state index contributed by atoms with van der Waals surface area (Å²) in [6.45, 7) is 1.78. The molecule has 9 nitrogen and oxygen atoms in total. The number of pyridine rings is 1. The lowest BCUT2D eigenvalue weighted by Crippen LogP contribution is -2.54. The first-order chi connectivity index (χ1) is 20.4. The molecule has 1 aliphatic rings. The van der Waals surface area contributed by atoms with Gasteiger partial charge in [0.25, 0.3) is 5.91 Å². The molecule has 0 radical (unpaired) electrons. The fraction of sp³-hybridized carbons (Fsp3) is 0.375. The van der Waals surface area contributed by atoms with Gasteiger partial charge in [0.05, 0.1) is 28.9 Å². The highest BCUT2D eigenvalue weighted by Gasteiger charge is 2.30. The molecule has 1 aliphatic heterocycles. The van der Waals surface area contributed by atoms with Crippen LogP contribution in [0.5, 0.6) is 0 Å². The summed E-state index contributed by atoms with van der Waals surface area (Å²) in [5.74, 6) is -0.392. The molecule has 0 aliphatic carbocycles. The Morgan fingerprint density at radius 1 is 1.14 bits per heavy atom. The highest BCUT2D eigenvalue weighted by Crippen LogP contribution is 2.25. The average Bonchev–Trinajstić information content (AvgIpc) is 3.02. The zero-order valence-electron chi connectivity index (χ0n) is 23.7. The lowest BCUT2D eigenvalue weighted by molar-refractivity contribution is -0.136. The average molecular weight is 572 g/mol. The molecular formula is C32H38FN7O2. The molecule has 10 heteroatoms. The van der Waals surface area contributed by atoms with E-state index in [-0.39, 0.29) is 30.2 Å². The van der Waals surface area contributed by atoms with Crippen molar-refractivity contribution in [3.05, 3.63) is 83.2 Å². The highest BCUT2D eigenvalue weighted by molar-refractivity contribution is 5.99. The number of aromatic nitrogens is 1. The third-order valence-electron chi connectivity index (χ3n) is 7.50. The van der Waals surface area contributed by atoms with Crippen LogP contribution in [0.2, 0.25) is 0 Å². The molecule has 42 heavy (non-hydrogen) atoms. The van der Waals surface area contributed by atoms with E-state index in [4.69, 9.17) is 16.5 Å². The zero-order valence-corrected chi connectivity index (χ0v) is 23.7. The van der Waals surface area contributed by atoms with Gasteiger partial charge in [0.2, 0.25) is 5.91 Å². The van der Waals surface area contributed by atoms with Crippen LogP contribution in [0.4, 0.5) is 10.2 Å². The molecule has 0 saturated carbocycles. The van der Waals surface area contributed by atoms with Crippen LogP contribution in [0.1, 0.15) is 53.6 Å². The molecule has 4 rings (SSSR count). The number of nitrogens with zero attached hydrogens (tertiary/aromatic N) is 3. The fourth-order valence-electron chi connectivity index (χ4n) is 5.23. The van der Waals surface area contributed by atoms with Crippen molar-refractivity contribution < 1.29 is 14.0 Å². The molecule has 2 atom stereocenters. The Labute approximate surface area is 246 Å². The van der Waals surface area contributed by atoms with Gasteiger partial charge in [0.15, 0.2) is 0 Å². The summed E-state index contributed by atoms with van der Waals surface area (Å²) in [6.07, 6.45) is 4.36. The number of carbonyl (C=O) groups is 2. The van der Waals surface area contributed by atoms with E-state index in [1.807, 2.05) is 18.2 Å². The molecule has 220 valence electrons. The van der Waals surface area contributed by atoms with Crippen molar-refractivity contribution in [1.82, 2.24) is 15.2 Å². The maximum absolute atomic E-state index is 13.7. The van der Waals surface area contributed by atoms with Crippen LogP contribution in [0, 0.1) is 17.1 Å². The molecule has 2 heterocycles. The fourth-order valence-corrected chi connectivity index (χ4v) is 5.23. The van der Waals surface area contributed by atoms with Gasteiger partial charge in [-0.25, -0.2) is 9.37 Å². The van der Waals surface area contributed by atoms with E-state index in [0.717, 1.165) is 24.8 Å². The number of benzene rings is 2. The number of halogens is 1. The number of amides is 2. The summed E-state index contributed by atoms with van der Waals surface area (Å²) < 4.78 is 13.7. The van der Waals surface area contributed by atoms with Crippen molar-refractivity contribution in [2.75, 3.05) is 31.5 Å². The summed E-state index contributed by atoms with van der Waals surface area (Å²) in [4.78, 5) is 33.0. The molecule has 0 bridgehead atoms. The van der Waals surface area contributed by atoms with E-state index in [1.165, 1.54) is 12.1 Å². The number of rotatable bonds is 12. The van der Waals surface area contributed by atoms with Gasteiger partial charge < -0.3 is 27.0 Å². The topological polar surface area (TPSA) is 150 Å². The van der Waals surface area contributed by atoms with Crippen molar-refractivity contribution >= 4 is 17.6 Å². The Morgan fingerprint density at radius 2 is 1.98 bits per heavy atom. The largest absolute Gasteiger partial charge is 0.369 e. The molecular weight excluding hydrogens is 533 g/mol. The molecule has 1 saturated heterocycles. The van der Waals surface area contributed by atoms with Gasteiger partial charge in [0.1, 0.15) is 11.6 Å². The Hall–Kier alpha value is -4.33. The van der Waals surface area contributed by atoms with Gasteiger partial charge in [-0.1, -0.05) is 30.3 Å². The molecule has 0 unspecified atom stereocenters. The van der Waals surface area contributed by atoms with Gasteiger partial charge >= 0.3 is 0 Å². The number of hydrogen-bond acceptors (Lipinski definition) is 7. The van der Waals surface area contributed by atoms with Crippen LogP contribution in [-0.4, -0.2) is 60.0 Å². The maximum Gasteiger partial charge on any atom is 0.255 e. The molecule has 0 spiro atoms. The van der Waals surface area contributed by atoms with Crippen LogP contribution in [-0.2, 0) is 11.2 Å². The van der Waals surface area contributed by atoms with E-state index >= 15 is 0 Å². The Balaban J connectivity index is 1.51. The second-order valence-electron chi connectivity index (χ2n) is 10.5. The highest BCUT2D eigenvalue weighted by atomic mass is 19.1. The second-order valence-corrected chi connectivity index (χ2v) is 10.5. The summed E-state index contributed by atoms with van der Waals surface area (Å²) >= 11 is 0. The van der Waals surface area contributed by atoms with Crippen LogP contribution in [0.15, 0.2) is 60.7 Å². The number of nitriles is 1. The number of carbonyl (C=O) groups excluding carboxylic acids is 2. The first-order valence-corrected chi connectivity index (χ1v) is 14.4. The number of likely N-dealkylation sites (tertiary alicyclic amines) is 1. The van der Waals surface area contributed by atoms with Gasteiger partial charge in [-0.05, 0) is 81.0 Å². The van der Waals surface area contributed by atoms with Gasteiger partial charge in [-0.3, -0.25) is 9.59 Å². The third-order valence-corrected chi connectivity index (χ3v) is 7.50. The van der Waals surface area contributed by atoms with E-state index in [2.05, 4.69) is 16.7 Å². The summed E-state index contributed by atoms with van der Waals surface area (Å²) in [6, 6.07) is 18.3.